The number of anilines is 1. The van der Waals surface area contributed by atoms with Crippen LogP contribution in [0.5, 0.6) is 0 Å². The molecule has 0 aliphatic heterocycles. The molecule has 0 spiro atoms. The first-order chi connectivity index (χ1) is 9.88. The van der Waals surface area contributed by atoms with Crippen molar-refractivity contribution in [1.29, 1.82) is 0 Å². The fourth-order valence-electron chi connectivity index (χ4n) is 2.20. The zero-order valence-electron chi connectivity index (χ0n) is 11.4. The Balaban J connectivity index is 2.06. The number of hydrogen-bond donors (Lipinski definition) is 1. The van der Waals surface area contributed by atoms with Crippen molar-refractivity contribution in [2.45, 2.75) is 13.3 Å². The maximum atomic E-state index is 4.40. The Labute approximate surface area is 117 Å². The van der Waals surface area contributed by atoms with E-state index in [2.05, 4.69) is 39.3 Å². The Morgan fingerprint density at radius 1 is 1.15 bits per heavy atom. The highest BCUT2D eigenvalue weighted by atomic mass is 15.0. The maximum absolute atomic E-state index is 4.40. The van der Waals surface area contributed by atoms with Crippen molar-refractivity contribution in [2.75, 3.05) is 11.9 Å². The average Bonchev–Trinajstić information content (AvgIpc) is 2.52. The number of benzene rings is 1. The topological polar surface area (TPSA) is 50.7 Å². The molecule has 1 aromatic carbocycles. The summed E-state index contributed by atoms with van der Waals surface area (Å²) in [6, 6.07) is 10.2. The quantitative estimate of drug-likeness (QED) is 0.783. The molecule has 0 aliphatic carbocycles. The fraction of sp³-hybridized carbons (Fsp3) is 0.188. The van der Waals surface area contributed by atoms with E-state index in [0.717, 1.165) is 40.8 Å². The minimum Gasteiger partial charge on any atom is -0.370 e. The maximum Gasteiger partial charge on any atom is 0.129 e. The van der Waals surface area contributed by atoms with Crippen molar-refractivity contribution in [1.82, 2.24) is 15.0 Å². The molecule has 0 saturated heterocycles. The van der Waals surface area contributed by atoms with Crippen LogP contribution in [-0.4, -0.2) is 21.5 Å². The molecule has 4 nitrogen and oxygen atoms in total. The Bertz CT molecular complexity index is 719. The normalized spacial score (nSPS) is 10.7. The molecule has 0 aliphatic rings. The summed E-state index contributed by atoms with van der Waals surface area (Å²) in [5.74, 6) is 0.864. The number of rotatable bonds is 4. The number of nitrogens with one attached hydrogen (secondary N) is 1. The van der Waals surface area contributed by atoms with Crippen LogP contribution < -0.4 is 5.32 Å². The van der Waals surface area contributed by atoms with Crippen LogP contribution in [-0.2, 0) is 0 Å². The van der Waals surface area contributed by atoms with E-state index in [0.29, 0.717) is 0 Å². The second-order valence-corrected chi connectivity index (χ2v) is 4.62. The highest BCUT2D eigenvalue weighted by Crippen LogP contribution is 2.27. The molecule has 0 amide bonds. The van der Waals surface area contributed by atoms with Gasteiger partial charge in [-0.1, -0.05) is 25.1 Å². The van der Waals surface area contributed by atoms with Crippen LogP contribution in [0.1, 0.15) is 13.3 Å². The molecule has 0 atom stereocenters. The van der Waals surface area contributed by atoms with Crippen molar-refractivity contribution in [3.63, 3.8) is 0 Å². The Morgan fingerprint density at radius 2 is 2.10 bits per heavy atom. The number of hydrogen-bond acceptors (Lipinski definition) is 4. The molecule has 4 heteroatoms. The van der Waals surface area contributed by atoms with E-state index < -0.39 is 0 Å². The number of aromatic nitrogens is 3. The van der Waals surface area contributed by atoms with E-state index >= 15 is 0 Å². The van der Waals surface area contributed by atoms with Crippen LogP contribution in [0.4, 0.5) is 5.82 Å². The molecule has 0 unspecified atom stereocenters. The largest absolute Gasteiger partial charge is 0.370 e. The van der Waals surface area contributed by atoms with Gasteiger partial charge in [-0.25, -0.2) is 9.97 Å². The third-order valence-corrected chi connectivity index (χ3v) is 3.18. The number of fused-ring (bicyclic) bond motifs is 1. The van der Waals surface area contributed by atoms with Crippen molar-refractivity contribution in [3.05, 3.63) is 49.1 Å². The zero-order valence-corrected chi connectivity index (χ0v) is 11.4. The summed E-state index contributed by atoms with van der Waals surface area (Å²) in [5.41, 5.74) is 2.03. The highest BCUT2D eigenvalue weighted by molar-refractivity contribution is 5.95. The predicted octanol–water partition coefficient (Wildman–Crippen LogP) is 3.51. The molecule has 3 rings (SSSR count). The molecule has 0 bridgehead atoms. The molecule has 100 valence electrons. The smallest absolute Gasteiger partial charge is 0.129 e. The monoisotopic (exact) mass is 264 g/mol. The molecule has 1 N–H and O–H groups in total. The molecule has 2 aromatic heterocycles. The van der Waals surface area contributed by atoms with Gasteiger partial charge in [0.2, 0.25) is 0 Å². The van der Waals surface area contributed by atoms with Crippen molar-refractivity contribution in [3.8, 4) is 11.3 Å². The molecule has 3 aromatic rings. The number of pyridine rings is 1. The molecule has 0 radical (unpaired) electrons. The van der Waals surface area contributed by atoms with E-state index in [1.807, 2.05) is 30.6 Å². The van der Waals surface area contributed by atoms with Crippen LogP contribution in [0.25, 0.3) is 22.0 Å². The van der Waals surface area contributed by atoms with Gasteiger partial charge in [-0.15, -0.1) is 0 Å². The van der Waals surface area contributed by atoms with Crippen LogP contribution in [0, 0.1) is 0 Å². The summed E-state index contributed by atoms with van der Waals surface area (Å²) >= 11 is 0. The Morgan fingerprint density at radius 3 is 3.00 bits per heavy atom. The summed E-state index contributed by atoms with van der Waals surface area (Å²) < 4.78 is 0. The van der Waals surface area contributed by atoms with Crippen LogP contribution in [0.3, 0.4) is 0 Å². The molecule has 0 saturated carbocycles. The first kappa shape index (κ1) is 12.5. The summed E-state index contributed by atoms with van der Waals surface area (Å²) in [6.07, 6.45) is 6.35. The second-order valence-electron chi connectivity index (χ2n) is 4.62. The minimum absolute atomic E-state index is 0.864. The van der Waals surface area contributed by atoms with E-state index in [9.17, 15) is 0 Å². The van der Waals surface area contributed by atoms with Gasteiger partial charge in [0.15, 0.2) is 0 Å². The van der Waals surface area contributed by atoms with Gasteiger partial charge in [0.25, 0.3) is 0 Å². The lowest BCUT2D eigenvalue weighted by molar-refractivity contribution is 0.965. The van der Waals surface area contributed by atoms with Gasteiger partial charge in [0.05, 0.1) is 5.69 Å². The van der Waals surface area contributed by atoms with Gasteiger partial charge in [-0.3, -0.25) is 4.98 Å². The van der Waals surface area contributed by atoms with Crippen molar-refractivity contribution >= 4 is 16.6 Å². The van der Waals surface area contributed by atoms with Gasteiger partial charge >= 0.3 is 0 Å². The first-order valence-corrected chi connectivity index (χ1v) is 6.77. The van der Waals surface area contributed by atoms with Crippen LogP contribution >= 0.6 is 0 Å². The van der Waals surface area contributed by atoms with Gasteiger partial charge in [0.1, 0.15) is 12.1 Å². The van der Waals surface area contributed by atoms with Gasteiger partial charge in [-0.05, 0) is 17.9 Å². The lowest BCUT2D eigenvalue weighted by atomic mass is 10.0. The summed E-state index contributed by atoms with van der Waals surface area (Å²) in [5, 5.41) is 5.56. The Hall–Kier alpha value is -2.49. The van der Waals surface area contributed by atoms with Crippen LogP contribution in [0.2, 0.25) is 0 Å². The standard InChI is InChI=1S/C16H16N4/c1-2-7-18-16-9-15(19-11-20-16)14-5-3-4-12-10-17-8-6-13(12)14/h3-6,8-11H,2,7H2,1H3,(H,18,19,20). The summed E-state index contributed by atoms with van der Waals surface area (Å²) in [7, 11) is 0. The third-order valence-electron chi connectivity index (χ3n) is 3.18. The van der Waals surface area contributed by atoms with Gasteiger partial charge < -0.3 is 5.32 Å². The average molecular weight is 264 g/mol. The van der Waals surface area contributed by atoms with E-state index in [4.69, 9.17) is 0 Å². The SMILES string of the molecule is CCCNc1cc(-c2cccc3cnccc23)ncn1. The molecule has 2 heterocycles. The number of nitrogens with zero attached hydrogens (tertiary/aromatic N) is 3. The third kappa shape index (κ3) is 2.45. The zero-order chi connectivity index (χ0) is 13.8. The minimum atomic E-state index is 0.864. The van der Waals surface area contributed by atoms with E-state index in [1.165, 1.54) is 0 Å². The van der Waals surface area contributed by atoms with Gasteiger partial charge in [0, 0.05) is 36.0 Å². The lowest BCUT2D eigenvalue weighted by Crippen LogP contribution is -2.02. The molecule has 0 fully saturated rings. The van der Waals surface area contributed by atoms with Gasteiger partial charge in [-0.2, -0.15) is 0 Å². The highest BCUT2D eigenvalue weighted by Gasteiger charge is 2.06. The fourth-order valence-corrected chi connectivity index (χ4v) is 2.20. The summed E-state index contributed by atoms with van der Waals surface area (Å²) in [6.45, 7) is 3.04. The second kappa shape index (κ2) is 5.65. The van der Waals surface area contributed by atoms with E-state index in [-0.39, 0.29) is 0 Å². The predicted molar refractivity (Wildman–Crippen MR) is 81.5 cm³/mol. The van der Waals surface area contributed by atoms with Crippen LogP contribution in [0.15, 0.2) is 49.1 Å². The Kier molecular flexibility index (Phi) is 3.54. The molecular formula is C16H16N4. The molecule has 20 heavy (non-hydrogen) atoms. The first-order valence-electron chi connectivity index (χ1n) is 6.77. The van der Waals surface area contributed by atoms with Crippen molar-refractivity contribution < 1.29 is 0 Å². The lowest BCUT2D eigenvalue weighted by Gasteiger charge is -2.08. The summed E-state index contributed by atoms with van der Waals surface area (Å²) in [4.78, 5) is 12.8. The van der Waals surface area contributed by atoms with E-state index in [1.54, 1.807) is 6.33 Å². The molecular weight excluding hydrogens is 248 g/mol. The van der Waals surface area contributed by atoms with Crippen molar-refractivity contribution in [2.24, 2.45) is 0 Å².